The van der Waals surface area contributed by atoms with Crippen LogP contribution in [0.3, 0.4) is 0 Å². The molecule has 0 unspecified atom stereocenters. The Balaban J connectivity index is 1.81. The molecule has 0 bridgehead atoms. The first-order valence-electron chi connectivity index (χ1n) is 9.07. The molecular weight excluding hydrogens is 363 g/mol. The van der Waals surface area contributed by atoms with E-state index in [0.29, 0.717) is 16.5 Å². The normalized spacial score (nSPS) is 16.3. The largest absolute Gasteiger partial charge is 0.339 e. The summed E-state index contributed by atoms with van der Waals surface area (Å²) in [5.74, 6) is 0.123. The topological polar surface area (TPSA) is 62.8 Å². The lowest BCUT2D eigenvalue weighted by Gasteiger charge is -2.11. The van der Waals surface area contributed by atoms with Gasteiger partial charge in [-0.25, -0.2) is 17.8 Å². The SMILES string of the molecule is CS(=O)(=O)c1ccc(/C(=C\C2CCCC2)c2cc3cc(F)cnc3[nH]2)cc1. The molecule has 1 fully saturated rings. The molecule has 140 valence electrons. The highest BCUT2D eigenvalue weighted by Gasteiger charge is 2.17. The molecule has 0 amide bonds. The third kappa shape index (κ3) is 3.81. The number of hydrogen-bond donors (Lipinski definition) is 1. The Kier molecular flexibility index (Phi) is 4.60. The van der Waals surface area contributed by atoms with Crippen molar-refractivity contribution in [3.05, 3.63) is 65.7 Å². The minimum absolute atomic E-state index is 0.298. The summed E-state index contributed by atoms with van der Waals surface area (Å²) in [6, 6.07) is 10.3. The van der Waals surface area contributed by atoms with Gasteiger partial charge in [0.1, 0.15) is 11.5 Å². The van der Waals surface area contributed by atoms with Gasteiger partial charge in [0, 0.05) is 22.9 Å². The lowest BCUT2D eigenvalue weighted by atomic mass is 9.96. The molecule has 1 aliphatic rings. The van der Waals surface area contributed by atoms with Crippen molar-refractivity contribution in [1.82, 2.24) is 9.97 Å². The number of nitrogens with one attached hydrogen (secondary N) is 1. The van der Waals surface area contributed by atoms with E-state index in [1.54, 1.807) is 12.1 Å². The zero-order valence-electron chi connectivity index (χ0n) is 15.1. The maximum atomic E-state index is 13.5. The van der Waals surface area contributed by atoms with Crippen LogP contribution in [-0.2, 0) is 9.84 Å². The summed E-state index contributed by atoms with van der Waals surface area (Å²) in [6.45, 7) is 0. The minimum Gasteiger partial charge on any atom is -0.339 e. The summed E-state index contributed by atoms with van der Waals surface area (Å²) in [6.07, 6.45) is 9.40. The van der Waals surface area contributed by atoms with E-state index >= 15 is 0 Å². The van der Waals surface area contributed by atoms with E-state index in [1.807, 2.05) is 18.2 Å². The van der Waals surface area contributed by atoms with Crippen molar-refractivity contribution in [3.63, 3.8) is 0 Å². The molecule has 2 aromatic heterocycles. The van der Waals surface area contributed by atoms with Crippen molar-refractivity contribution in [2.45, 2.75) is 30.6 Å². The van der Waals surface area contributed by atoms with Crippen molar-refractivity contribution < 1.29 is 12.8 Å². The van der Waals surface area contributed by atoms with Crippen LogP contribution in [0.2, 0.25) is 0 Å². The first kappa shape index (κ1) is 17.9. The average Bonchev–Trinajstić information content (AvgIpc) is 3.28. The van der Waals surface area contributed by atoms with Gasteiger partial charge in [-0.2, -0.15) is 0 Å². The van der Waals surface area contributed by atoms with Crippen LogP contribution in [0.1, 0.15) is 36.9 Å². The van der Waals surface area contributed by atoms with Crippen molar-refractivity contribution in [1.29, 1.82) is 0 Å². The van der Waals surface area contributed by atoms with Crippen molar-refractivity contribution in [2.24, 2.45) is 5.92 Å². The van der Waals surface area contributed by atoms with Gasteiger partial charge in [0.05, 0.1) is 11.1 Å². The number of hydrogen-bond acceptors (Lipinski definition) is 3. The van der Waals surface area contributed by atoms with E-state index in [-0.39, 0.29) is 5.82 Å². The molecular formula is C21H21FN2O2S. The smallest absolute Gasteiger partial charge is 0.175 e. The number of sulfone groups is 1. The second-order valence-electron chi connectivity index (χ2n) is 7.20. The average molecular weight is 384 g/mol. The van der Waals surface area contributed by atoms with Gasteiger partial charge < -0.3 is 4.98 Å². The molecule has 6 heteroatoms. The van der Waals surface area contributed by atoms with Crippen LogP contribution >= 0.6 is 0 Å². The fraction of sp³-hybridized carbons (Fsp3) is 0.286. The van der Waals surface area contributed by atoms with Crippen LogP contribution < -0.4 is 0 Å². The van der Waals surface area contributed by atoms with Crippen molar-refractivity contribution in [3.8, 4) is 0 Å². The number of rotatable bonds is 4. The number of halogens is 1. The standard InChI is InChI=1S/C21H21FN2O2S/c1-27(25,26)18-8-6-15(7-9-18)19(10-14-4-2-3-5-14)20-12-16-11-17(22)13-23-21(16)24-20/h6-14H,2-5H2,1H3,(H,23,24)/b19-10+. The Hall–Kier alpha value is -2.47. The second-order valence-corrected chi connectivity index (χ2v) is 9.21. The van der Waals surface area contributed by atoms with Crippen LogP contribution in [0.15, 0.2) is 53.6 Å². The highest BCUT2D eigenvalue weighted by atomic mass is 32.2. The first-order valence-corrected chi connectivity index (χ1v) is 11.0. The maximum absolute atomic E-state index is 13.5. The maximum Gasteiger partial charge on any atom is 0.175 e. The number of fused-ring (bicyclic) bond motifs is 1. The Labute approximate surface area is 158 Å². The van der Waals surface area contributed by atoms with Gasteiger partial charge in [-0.3, -0.25) is 0 Å². The number of aromatic nitrogens is 2. The predicted molar refractivity (Wildman–Crippen MR) is 105 cm³/mol. The van der Waals surface area contributed by atoms with Gasteiger partial charge in [-0.15, -0.1) is 0 Å². The molecule has 3 aromatic rings. The molecule has 0 radical (unpaired) electrons. The molecule has 0 atom stereocenters. The monoisotopic (exact) mass is 384 g/mol. The number of allylic oxidation sites excluding steroid dienone is 1. The molecule has 0 aliphatic heterocycles. The van der Waals surface area contributed by atoms with Crippen LogP contribution in [0.5, 0.6) is 0 Å². The summed E-state index contributed by atoms with van der Waals surface area (Å²) < 4.78 is 37.0. The Bertz CT molecular complexity index is 1110. The lowest BCUT2D eigenvalue weighted by Crippen LogP contribution is -1.98. The summed E-state index contributed by atoms with van der Waals surface area (Å²) >= 11 is 0. The van der Waals surface area contributed by atoms with E-state index in [9.17, 15) is 12.8 Å². The number of aromatic amines is 1. The number of benzene rings is 1. The molecule has 1 aromatic carbocycles. The molecule has 27 heavy (non-hydrogen) atoms. The quantitative estimate of drug-likeness (QED) is 0.707. The fourth-order valence-corrected chi connectivity index (χ4v) is 4.35. The van der Waals surface area contributed by atoms with E-state index in [0.717, 1.165) is 35.1 Å². The van der Waals surface area contributed by atoms with Gasteiger partial charge in [-0.1, -0.05) is 31.1 Å². The molecule has 1 N–H and O–H groups in total. The first-order chi connectivity index (χ1) is 12.9. The van der Waals surface area contributed by atoms with Gasteiger partial charge >= 0.3 is 0 Å². The molecule has 1 aliphatic carbocycles. The van der Waals surface area contributed by atoms with Gasteiger partial charge in [-0.05, 0) is 48.6 Å². The predicted octanol–water partition coefficient (Wildman–Crippen LogP) is 4.73. The zero-order valence-corrected chi connectivity index (χ0v) is 15.9. The van der Waals surface area contributed by atoms with Crippen LogP contribution in [-0.4, -0.2) is 24.6 Å². The fourth-order valence-electron chi connectivity index (χ4n) is 3.72. The Morgan fingerprint density at radius 3 is 2.56 bits per heavy atom. The number of nitrogens with zero attached hydrogens (tertiary/aromatic N) is 1. The van der Waals surface area contributed by atoms with Crippen molar-refractivity contribution in [2.75, 3.05) is 6.26 Å². The number of H-pyrrole nitrogens is 1. The molecule has 0 saturated heterocycles. The molecule has 0 spiro atoms. The highest BCUT2D eigenvalue weighted by Crippen LogP contribution is 2.33. The molecule has 1 saturated carbocycles. The molecule has 4 nitrogen and oxygen atoms in total. The minimum atomic E-state index is -3.24. The lowest BCUT2D eigenvalue weighted by molar-refractivity contribution is 0.602. The Morgan fingerprint density at radius 1 is 1.19 bits per heavy atom. The summed E-state index contributed by atoms with van der Waals surface area (Å²) in [5.41, 5.74) is 3.43. The highest BCUT2D eigenvalue weighted by molar-refractivity contribution is 7.90. The third-order valence-electron chi connectivity index (χ3n) is 5.12. The van der Waals surface area contributed by atoms with Gasteiger partial charge in [0.15, 0.2) is 9.84 Å². The second kappa shape index (κ2) is 6.93. The van der Waals surface area contributed by atoms with E-state index in [2.05, 4.69) is 16.0 Å². The van der Waals surface area contributed by atoms with Crippen LogP contribution in [0.4, 0.5) is 4.39 Å². The third-order valence-corrected chi connectivity index (χ3v) is 6.25. The number of pyridine rings is 1. The zero-order chi connectivity index (χ0) is 19.0. The van der Waals surface area contributed by atoms with E-state index < -0.39 is 9.84 Å². The molecule has 4 rings (SSSR count). The molecule has 2 heterocycles. The van der Waals surface area contributed by atoms with Crippen LogP contribution in [0, 0.1) is 11.7 Å². The van der Waals surface area contributed by atoms with Gasteiger partial charge in [0.25, 0.3) is 0 Å². The van der Waals surface area contributed by atoms with Crippen LogP contribution in [0.25, 0.3) is 16.6 Å². The summed E-state index contributed by atoms with van der Waals surface area (Å²) in [5, 5.41) is 0.718. The van der Waals surface area contributed by atoms with E-state index in [1.165, 1.54) is 31.4 Å². The van der Waals surface area contributed by atoms with Gasteiger partial charge in [0.2, 0.25) is 0 Å². The van der Waals surface area contributed by atoms with Crippen molar-refractivity contribution >= 4 is 26.4 Å². The van der Waals surface area contributed by atoms with E-state index in [4.69, 9.17) is 0 Å². The summed E-state index contributed by atoms with van der Waals surface area (Å²) in [7, 11) is -3.24. The summed E-state index contributed by atoms with van der Waals surface area (Å²) in [4.78, 5) is 7.69. The Morgan fingerprint density at radius 2 is 1.89 bits per heavy atom.